The van der Waals surface area contributed by atoms with Gasteiger partial charge in [0.05, 0.1) is 35.8 Å². The number of nitro groups is 1. The minimum atomic E-state index is -2.19. The molecule has 12 heteroatoms. The van der Waals surface area contributed by atoms with Crippen molar-refractivity contribution < 1.29 is 42.6 Å². The number of rotatable bonds is 17. The second-order valence-corrected chi connectivity index (χ2v) is 22.8. The molecule has 2 aliphatic heterocycles. The molecule has 1 saturated heterocycles. The number of benzene rings is 1. The van der Waals surface area contributed by atoms with E-state index in [2.05, 4.69) is 61.5 Å². The Morgan fingerprint density at radius 1 is 1.11 bits per heavy atom. The third-order valence-corrected chi connectivity index (χ3v) is 17.5. The molecule has 3 rings (SSSR count). The van der Waals surface area contributed by atoms with Crippen LogP contribution in [0.3, 0.4) is 0 Å². The van der Waals surface area contributed by atoms with Gasteiger partial charge in [-0.3, -0.25) is 14.9 Å². The van der Waals surface area contributed by atoms with Crippen molar-refractivity contribution >= 4 is 26.1 Å². The zero-order valence-corrected chi connectivity index (χ0v) is 37.9. The van der Waals surface area contributed by atoms with E-state index >= 15 is 0 Å². The van der Waals surface area contributed by atoms with Crippen LogP contribution < -0.4 is 4.74 Å². The number of non-ortho nitro benzene ring substituents is 1. The first-order valence-corrected chi connectivity index (χ1v) is 23.3. The molecule has 0 spiro atoms. The van der Waals surface area contributed by atoms with Gasteiger partial charge in [-0.1, -0.05) is 100 Å². The van der Waals surface area contributed by atoms with Crippen molar-refractivity contribution in [1.29, 1.82) is 0 Å². The van der Waals surface area contributed by atoms with Gasteiger partial charge < -0.3 is 28.1 Å². The first-order chi connectivity index (χ1) is 26.7. The largest absolute Gasteiger partial charge is 0.514 e. The average Bonchev–Trinajstić information content (AvgIpc) is 3.91. The Morgan fingerprint density at radius 3 is 2.32 bits per heavy atom. The average molecular weight is 814 g/mol. The fourth-order valence-electron chi connectivity index (χ4n) is 8.16. The molecule has 8 atom stereocenters. The van der Waals surface area contributed by atoms with Gasteiger partial charge in [-0.2, -0.15) is 0 Å². The van der Waals surface area contributed by atoms with Crippen LogP contribution in [0, 0.1) is 32.8 Å². The fraction of sp³-hybridized carbons (Fsp3) is 0.689. The predicted molar refractivity (Wildman–Crippen MR) is 227 cm³/mol. The number of nitrogens with zero attached hydrogens (tertiary/aromatic N) is 1. The van der Waals surface area contributed by atoms with Crippen molar-refractivity contribution in [2.75, 3.05) is 7.11 Å². The third kappa shape index (κ3) is 13.9. The topological polar surface area (TPSA) is 136 Å². The molecule has 0 aromatic heterocycles. The summed E-state index contributed by atoms with van der Waals surface area (Å²) in [4.78, 5) is 37.6. The van der Waals surface area contributed by atoms with Crippen LogP contribution in [-0.4, -0.2) is 69.1 Å². The Kier molecular flexibility index (Phi) is 17.8. The number of epoxide rings is 1. The summed E-state index contributed by atoms with van der Waals surface area (Å²) < 4.78 is 36.6. The summed E-state index contributed by atoms with van der Waals surface area (Å²) in [5.41, 5.74) is 0.421. The van der Waals surface area contributed by atoms with Crippen molar-refractivity contribution in [3.05, 3.63) is 70.3 Å². The summed E-state index contributed by atoms with van der Waals surface area (Å²) in [5, 5.41) is 11.1. The highest BCUT2D eigenvalue weighted by Crippen LogP contribution is 2.41. The van der Waals surface area contributed by atoms with Gasteiger partial charge in [-0.15, -0.1) is 0 Å². The van der Waals surface area contributed by atoms with E-state index in [0.717, 1.165) is 30.5 Å². The Balaban J connectivity index is 1.90. The molecule has 1 aromatic rings. The number of methoxy groups -OCH3 is 1. The summed E-state index contributed by atoms with van der Waals surface area (Å²) >= 11 is 0. The van der Waals surface area contributed by atoms with Crippen molar-refractivity contribution in [2.45, 2.75) is 169 Å². The van der Waals surface area contributed by atoms with E-state index in [1.165, 1.54) is 24.3 Å². The number of hydrogen-bond acceptors (Lipinski definition) is 10. The molecule has 0 amide bonds. The SMILES string of the molecule is CCC(OC)C(C)C1OC1CC(C)(C)/C=C/C=C(\C)C1OC(=O)CC(O[Si](CC)(CC)C(C)C)CCC(C)(C)C(OC(=O)Oc2ccc([N+](=O)[O-])cc2)/C=C/C1C. The number of esters is 1. The van der Waals surface area contributed by atoms with E-state index in [1.54, 1.807) is 7.11 Å². The number of ether oxygens (including phenoxy) is 5. The molecule has 11 nitrogen and oxygen atoms in total. The van der Waals surface area contributed by atoms with E-state index in [1.807, 2.05) is 52.0 Å². The van der Waals surface area contributed by atoms with Gasteiger partial charge in [0, 0.05) is 36.5 Å². The highest BCUT2D eigenvalue weighted by molar-refractivity contribution is 6.75. The van der Waals surface area contributed by atoms with Crippen molar-refractivity contribution in [3.63, 3.8) is 0 Å². The highest BCUT2D eigenvalue weighted by Gasteiger charge is 2.47. The lowest BCUT2D eigenvalue weighted by Gasteiger charge is -2.39. The van der Waals surface area contributed by atoms with Crippen molar-refractivity contribution in [2.24, 2.45) is 22.7 Å². The van der Waals surface area contributed by atoms with Crippen LogP contribution in [0.4, 0.5) is 10.5 Å². The normalized spacial score (nSPS) is 26.5. The van der Waals surface area contributed by atoms with Gasteiger partial charge in [-0.05, 0) is 79.4 Å². The van der Waals surface area contributed by atoms with Crippen LogP contribution in [-0.2, 0) is 28.2 Å². The third-order valence-electron chi connectivity index (χ3n) is 12.2. The van der Waals surface area contributed by atoms with Gasteiger partial charge in [0.15, 0.2) is 8.32 Å². The quantitative estimate of drug-likeness (QED) is 0.0218. The molecular weight excluding hydrogens is 743 g/mol. The van der Waals surface area contributed by atoms with Gasteiger partial charge in [0.25, 0.3) is 5.69 Å². The van der Waals surface area contributed by atoms with Crippen LogP contribution >= 0.6 is 0 Å². The molecule has 0 N–H and O–H groups in total. The number of cyclic esters (lactones) is 1. The maximum atomic E-state index is 13.8. The van der Waals surface area contributed by atoms with E-state index in [-0.39, 0.29) is 59.6 Å². The summed E-state index contributed by atoms with van der Waals surface area (Å²) in [7, 11) is -0.430. The molecule has 2 heterocycles. The molecule has 1 fully saturated rings. The van der Waals surface area contributed by atoms with Gasteiger partial charge in [0.1, 0.15) is 18.0 Å². The first-order valence-electron chi connectivity index (χ1n) is 20.9. The molecule has 0 radical (unpaired) electrons. The van der Waals surface area contributed by atoms with Crippen LogP contribution in [0.5, 0.6) is 5.75 Å². The second kappa shape index (κ2) is 21.1. The minimum absolute atomic E-state index is 0.112. The maximum Gasteiger partial charge on any atom is 0.514 e. The van der Waals surface area contributed by atoms with E-state index in [9.17, 15) is 19.7 Å². The molecule has 0 bridgehead atoms. The molecule has 0 saturated carbocycles. The number of carbonyl (C=O) groups is 2. The zero-order valence-electron chi connectivity index (χ0n) is 36.9. The first kappa shape index (κ1) is 48.0. The Hall–Kier alpha value is -3.32. The summed E-state index contributed by atoms with van der Waals surface area (Å²) in [6.07, 6.45) is 11.1. The number of carbonyl (C=O) groups excluding carboxylic acids is 2. The van der Waals surface area contributed by atoms with E-state index in [0.29, 0.717) is 24.3 Å². The number of hydrogen-bond donors (Lipinski definition) is 0. The van der Waals surface area contributed by atoms with Crippen molar-refractivity contribution in [1.82, 2.24) is 0 Å². The molecular formula is C45H71NO10Si. The number of allylic oxidation sites excluding steroid dienone is 3. The predicted octanol–water partition coefficient (Wildman–Crippen LogP) is 11.3. The summed E-state index contributed by atoms with van der Waals surface area (Å²) in [6.45, 7) is 25.5. The maximum absolute atomic E-state index is 13.8. The van der Waals surface area contributed by atoms with Crippen LogP contribution in [0.1, 0.15) is 115 Å². The standard InChI is InChI=1S/C45H71NO10Si/c1-14-37(51-13)33(8)42-38(53-42)29-44(9,10)26-17-18-31(6)41-32(7)19-24-39(54-43(48)52-35-22-20-34(21-23-35)46(49)50)45(11,12)27-25-36(28-40(47)55-41)56-57(15-2,16-3)30(4)5/h17-24,26,30,32-33,36-39,41-42H,14-16,25,27-29H2,1-13H3/b24-19+,26-17+,31-18+. The van der Waals surface area contributed by atoms with Crippen LogP contribution in [0.2, 0.25) is 17.6 Å². The number of nitro benzene ring substituents is 1. The molecule has 57 heavy (non-hydrogen) atoms. The summed E-state index contributed by atoms with van der Waals surface area (Å²) in [6, 6.07) is 7.14. The minimum Gasteiger partial charge on any atom is -0.457 e. The lowest BCUT2D eigenvalue weighted by atomic mass is 9.80. The van der Waals surface area contributed by atoms with E-state index < -0.39 is 37.0 Å². The second-order valence-electron chi connectivity index (χ2n) is 17.8. The van der Waals surface area contributed by atoms with E-state index in [4.69, 9.17) is 28.1 Å². The molecule has 0 aliphatic carbocycles. The fourth-order valence-corrected chi connectivity index (χ4v) is 11.8. The van der Waals surface area contributed by atoms with Crippen molar-refractivity contribution in [3.8, 4) is 5.75 Å². The lowest BCUT2D eigenvalue weighted by molar-refractivity contribution is -0.384. The monoisotopic (exact) mass is 813 g/mol. The molecule has 2 aliphatic rings. The van der Waals surface area contributed by atoms with Gasteiger partial charge >= 0.3 is 12.1 Å². The molecule has 8 unspecified atom stereocenters. The zero-order chi connectivity index (χ0) is 42.7. The Morgan fingerprint density at radius 2 is 1.75 bits per heavy atom. The Labute approximate surface area is 343 Å². The van der Waals surface area contributed by atoms with Gasteiger partial charge in [-0.25, -0.2) is 4.79 Å². The molecule has 320 valence electrons. The molecule has 1 aromatic carbocycles. The summed E-state index contributed by atoms with van der Waals surface area (Å²) in [5.74, 6) is -0.114. The van der Waals surface area contributed by atoms with Gasteiger partial charge in [0.2, 0.25) is 0 Å². The smallest absolute Gasteiger partial charge is 0.457 e. The highest BCUT2D eigenvalue weighted by atomic mass is 28.4. The lowest BCUT2D eigenvalue weighted by Crippen LogP contribution is -2.45. The van der Waals surface area contributed by atoms with Crippen LogP contribution in [0.15, 0.2) is 60.2 Å². The van der Waals surface area contributed by atoms with Crippen LogP contribution in [0.25, 0.3) is 0 Å². The Bertz CT molecular complexity index is 1560.